The summed E-state index contributed by atoms with van der Waals surface area (Å²) in [6, 6.07) is 13.3. The minimum Gasteiger partial charge on any atom is -0.349 e. The molecule has 2 aliphatic carbocycles. The molecule has 2 aromatic rings. The van der Waals surface area contributed by atoms with Crippen molar-refractivity contribution in [1.29, 1.82) is 0 Å². The summed E-state index contributed by atoms with van der Waals surface area (Å²) < 4.78 is 13.5. The molecule has 0 radical (unpaired) electrons. The Bertz CT molecular complexity index is 755. The Morgan fingerprint density at radius 2 is 1.83 bits per heavy atom. The number of carbonyl (C=O) groups excluding carboxylic acids is 1. The lowest BCUT2D eigenvalue weighted by Gasteiger charge is -2.17. The average molecular weight is 309 g/mol. The van der Waals surface area contributed by atoms with Gasteiger partial charge < -0.3 is 5.32 Å². The van der Waals surface area contributed by atoms with Crippen LogP contribution < -0.4 is 5.32 Å². The summed E-state index contributed by atoms with van der Waals surface area (Å²) in [5, 5.41) is 3.11. The molecule has 0 saturated heterocycles. The van der Waals surface area contributed by atoms with E-state index in [0.29, 0.717) is 12.3 Å². The highest BCUT2D eigenvalue weighted by molar-refractivity contribution is 5.78. The fourth-order valence-electron chi connectivity index (χ4n) is 4.06. The third kappa shape index (κ3) is 2.76. The van der Waals surface area contributed by atoms with Crippen molar-refractivity contribution in [1.82, 2.24) is 5.32 Å². The van der Waals surface area contributed by atoms with Crippen molar-refractivity contribution < 1.29 is 9.18 Å². The van der Waals surface area contributed by atoms with Gasteiger partial charge in [-0.3, -0.25) is 4.79 Å². The zero-order chi connectivity index (χ0) is 15.8. The molecule has 3 heteroatoms. The minimum absolute atomic E-state index is 0.0372. The first-order valence-corrected chi connectivity index (χ1v) is 8.36. The van der Waals surface area contributed by atoms with E-state index in [1.165, 1.54) is 17.2 Å². The smallest absolute Gasteiger partial charge is 0.221 e. The number of hydrogen-bond donors (Lipinski definition) is 1. The van der Waals surface area contributed by atoms with Crippen LogP contribution in [-0.4, -0.2) is 5.91 Å². The Kier molecular flexibility index (Phi) is 3.64. The molecule has 0 aliphatic heterocycles. The lowest BCUT2D eigenvalue weighted by molar-refractivity contribution is -0.122. The summed E-state index contributed by atoms with van der Waals surface area (Å²) in [7, 11) is 0. The van der Waals surface area contributed by atoms with E-state index < -0.39 is 0 Å². The van der Waals surface area contributed by atoms with E-state index in [-0.39, 0.29) is 17.8 Å². The summed E-state index contributed by atoms with van der Waals surface area (Å²) in [4.78, 5) is 12.5. The summed E-state index contributed by atoms with van der Waals surface area (Å²) >= 11 is 0. The lowest BCUT2D eigenvalue weighted by Crippen LogP contribution is -2.28. The summed E-state index contributed by atoms with van der Waals surface area (Å²) in [6.07, 6.45) is 4.41. The van der Waals surface area contributed by atoms with E-state index in [1.807, 2.05) is 12.1 Å². The third-order valence-corrected chi connectivity index (χ3v) is 5.21. The summed E-state index contributed by atoms with van der Waals surface area (Å²) in [5.41, 5.74) is 4.80. The van der Waals surface area contributed by atoms with Gasteiger partial charge in [0.2, 0.25) is 5.91 Å². The lowest BCUT2D eigenvalue weighted by atomic mass is 9.97. The van der Waals surface area contributed by atoms with E-state index in [2.05, 4.69) is 23.5 Å². The molecule has 1 amide bonds. The fraction of sp³-hybridized carbons (Fsp3) is 0.350. The van der Waals surface area contributed by atoms with E-state index >= 15 is 0 Å². The molecule has 0 spiro atoms. The molecule has 0 saturated carbocycles. The number of halogens is 1. The standard InChI is InChI=1S/C20H20FNO/c21-16-9-7-14-8-10-19(18(14)12-16)22-20(23)11-15-6-5-13-3-1-2-4-17(13)15/h1-4,7,9,12,15,19H,5-6,8,10-11H2,(H,22,23). The second-order valence-corrected chi connectivity index (χ2v) is 6.64. The van der Waals surface area contributed by atoms with Gasteiger partial charge in [-0.1, -0.05) is 30.3 Å². The third-order valence-electron chi connectivity index (χ3n) is 5.21. The number of nitrogens with one attached hydrogen (secondary N) is 1. The van der Waals surface area contributed by atoms with Crippen LogP contribution in [-0.2, 0) is 17.6 Å². The number of amides is 1. The first kappa shape index (κ1) is 14.4. The molecule has 1 N–H and O–H groups in total. The average Bonchev–Trinajstić information content (AvgIpc) is 3.12. The number of hydrogen-bond acceptors (Lipinski definition) is 1. The SMILES string of the molecule is O=C(CC1CCc2ccccc21)NC1CCc2ccc(F)cc21. The summed E-state index contributed by atoms with van der Waals surface area (Å²) in [6.45, 7) is 0. The second-order valence-electron chi connectivity index (χ2n) is 6.64. The van der Waals surface area contributed by atoms with E-state index in [4.69, 9.17) is 0 Å². The maximum absolute atomic E-state index is 13.5. The van der Waals surface area contributed by atoms with Crippen LogP contribution in [0.25, 0.3) is 0 Å². The predicted molar refractivity (Wildman–Crippen MR) is 87.7 cm³/mol. The molecule has 4 rings (SSSR count). The zero-order valence-corrected chi connectivity index (χ0v) is 13.0. The van der Waals surface area contributed by atoms with Gasteiger partial charge in [0.1, 0.15) is 5.82 Å². The van der Waals surface area contributed by atoms with Crippen LogP contribution in [0.3, 0.4) is 0 Å². The van der Waals surface area contributed by atoms with Crippen molar-refractivity contribution in [3.63, 3.8) is 0 Å². The number of carbonyl (C=O) groups is 1. The monoisotopic (exact) mass is 309 g/mol. The van der Waals surface area contributed by atoms with Gasteiger partial charge in [0.25, 0.3) is 0 Å². The molecule has 118 valence electrons. The van der Waals surface area contributed by atoms with Gasteiger partial charge in [-0.05, 0) is 66.0 Å². The maximum Gasteiger partial charge on any atom is 0.221 e. The topological polar surface area (TPSA) is 29.1 Å². The molecular formula is C20H20FNO. The van der Waals surface area contributed by atoms with Crippen molar-refractivity contribution in [2.75, 3.05) is 0 Å². The van der Waals surface area contributed by atoms with E-state index in [9.17, 15) is 9.18 Å². The molecule has 2 aliphatic rings. The Labute approximate surface area is 135 Å². The second kappa shape index (κ2) is 5.80. The van der Waals surface area contributed by atoms with Gasteiger partial charge in [-0.2, -0.15) is 0 Å². The van der Waals surface area contributed by atoms with E-state index in [0.717, 1.165) is 36.8 Å². The molecule has 0 aromatic heterocycles. The van der Waals surface area contributed by atoms with Crippen LogP contribution in [0.4, 0.5) is 4.39 Å². The highest BCUT2D eigenvalue weighted by atomic mass is 19.1. The van der Waals surface area contributed by atoms with Crippen LogP contribution in [0.2, 0.25) is 0 Å². The van der Waals surface area contributed by atoms with Crippen molar-refractivity contribution in [3.05, 3.63) is 70.5 Å². The highest BCUT2D eigenvalue weighted by Crippen LogP contribution is 2.36. The first-order valence-electron chi connectivity index (χ1n) is 8.36. The number of benzene rings is 2. The molecule has 2 nitrogen and oxygen atoms in total. The van der Waals surface area contributed by atoms with Gasteiger partial charge in [0.05, 0.1) is 6.04 Å². The first-order chi connectivity index (χ1) is 11.2. The molecule has 0 fully saturated rings. The normalized spacial score (nSPS) is 21.8. The zero-order valence-electron chi connectivity index (χ0n) is 13.0. The fourth-order valence-corrected chi connectivity index (χ4v) is 4.06. The van der Waals surface area contributed by atoms with Crippen molar-refractivity contribution in [2.24, 2.45) is 0 Å². The van der Waals surface area contributed by atoms with Gasteiger partial charge in [-0.25, -0.2) is 4.39 Å². The largest absolute Gasteiger partial charge is 0.349 e. The Hall–Kier alpha value is -2.16. The molecule has 2 atom stereocenters. The minimum atomic E-state index is -0.227. The maximum atomic E-state index is 13.5. The summed E-state index contributed by atoms with van der Waals surface area (Å²) in [5.74, 6) is 0.169. The van der Waals surface area contributed by atoms with Gasteiger partial charge in [0, 0.05) is 6.42 Å². The molecule has 0 heterocycles. The van der Waals surface area contributed by atoms with Gasteiger partial charge >= 0.3 is 0 Å². The van der Waals surface area contributed by atoms with Gasteiger partial charge in [-0.15, -0.1) is 0 Å². The van der Waals surface area contributed by atoms with Crippen LogP contribution in [0, 0.1) is 5.82 Å². The van der Waals surface area contributed by atoms with Crippen molar-refractivity contribution in [3.8, 4) is 0 Å². The number of fused-ring (bicyclic) bond motifs is 2. The highest BCUT2D eigenvalue weighted by Gasteiger charge is 2.28. The van der Waals surface area contributed by atoms with Crippen LogP contribution in [0.1, 0.15) is 53.5 Å². The van der Waals surface area contributed by atoms with Crippen molar-refractivity contribution in [2.45, 2.75) is 44.1 Å². The Balaban J connectivity index is 1.44. The number of rotatable bonds is 3. The molecule has 2 unspecified atom stereocenters. The van der Waals surface area contributed by atoms with E-state index in [1.54, 1.807) is 6.07 Å². The molecule has 0 bridgehead atoms. The Morgan fingerprint density at radius 1 is 1.04 bits per heavy atom. The quantitative estimate of drug-likeness (QED) is 0.910. The molecule has 23 heavy (non-hydrogen) atoms. The van der Waals surface area contributed by atoms with Crippen LogP contribution >= 0.6 is 0 Å². The molecular weight excluding hydrogens is 289 g/mol. The molecule has 2 aromatic carbocycles. The van der Waals surface area contributed by atoms with Gasteiger partial charge in [0.15, 0.2) is 0 Å². The number of aryl methyl sites for hydroxylation is 2. The van der Waals surface area contributed by atoms with Crippen molar-refractivity contribution >= 4 is 5.91 Å². The van der Waals surface area contributed by atoms with Crippen LogP contribution in [0.5, 0.6) is 0 Å². The predicted octanol–water partition coefficient (Wildman–Crippen LogP) is 4.05. The Morgan fingerprint density at radius 3 is 2.74 bits per heavy atom. The van der Waals surface area contributed by atoms with Crippen LogP contribution in [0.15, 0.2) is 42.5 Å².